The van der Waals surface area contributed by atoms with E-state index in [4.69, 9.17) is 10.8 Å². The molecule has 0 spiro atoms. The van der Waals surface area contributed by atoms with E-state index in [9.17, 15) is 4.79 Å². The molecule has 0 saturated carbocycles. The summed E-state index contributed by atoms with van der Waals surface area (Å²) in [7, 11) is 0. The van der Waals surface area contributed by atoms with E-state index in [0.717, 1.165) is 5.56 Å². The molecule has 0 aliphatic rings. The lowest BCUT2D eigenvalue weighted by Crippen LogP contribution is -2.02. The summed E-state index contributed by atoms with van der Waals surface area (Å²) in [6.07, 6.45) is 0. The molecule has 0 unspecified atom stereocenters. The quantitative estimate of drug-likeness (QED) is 0.602. The highest BCUT2D eigenvalue weighted by molar-refractivity contribution is 9.08. The predicted octanol–water partition coefficient (Wildman–Crippen LogP) is 1.86. The molecule has 64 valence electrons. The summed E-state index contributed by atoms with van der Waals surface area (Å²) in [5, 5.41) is 9.32. The highest BCUT2D eigenvalue weighted by Gasteiger charge is 2.06. The van der Waals surface area contributed by atoms with Crippen molar-refractivity contribution in [3.8, 4) is 0 Å². The van der Waals surface area contributed by atoms with E-state index >= 15 is 0 Å². The van der Waals surface area contributed by atoms with Crippen molar-refractivity contribution in [2.24, 2.45) is 0 Å². The Balaban J connectivity index is 3.12. The van der Waals surface area contributed by atoms with Crippen molar-refractivity contribution in [2.45, 2.75) is 5.33 Å². The molecule has 0 fully saturated rings. The number of hydrogen-bond acceptors (Lipinski definition) is 2. The molecule has 1 rings (SSSR count). The fraction of sp³-hybridized carbons (Fsp3) is 0.125. The lowest BCUT2D eigenvalue weighted by atomic mass is 10.1. The zero-order valence-electron chi connectivity index (χ0n) is 6.25. The second kappa shape index (κ2) is 3.58. The van der Waals surface area contributed by atoms with Gasteiger partial charge in [-0.2, -0.15) is 0 Å². The number of carboxylic acid groups (broad SMARTS) is 1. The van der Waals surface area contributed by atoms with Crippen LogP contribution in [0.15, 0.2) is 18.2 Å². The second-order valence-electron chi connectivity index (χ2n) is 2.36. The van der Waals surface area contributed by atoms with Gasteiger partial charge in [-0.1, -0.05) is 22.0 Å². The van der Waals surface area contributed by atoms with Crippen LogP contribution in [0.1, 0.15) is 15.9 Å². The molecule has 0 atom stereocenters. The third kappa shape index (κ3) is 1.76. The zero-order valence-corrected chi connectivity index (χ0v) is 7.84. The number of alkyl halides is 1. The van der Waals surface area contributed by atoms with Gasteiger partial charge in [0.25, 0.3) is 0 Å². The standard InChI is InChI=1S/C8H8BrNO2/c9-4-5-1-2-6(8(11)12)7(10)3-5/h1-3H,4,10H2,(H,11,12). The third-order valence-electron chi connectivity index (χ3n) is 1.50. The van der Waals surface area contributed by atoms with Crippen molar-refractivity contribution >= 4 is 27.6 Å². The van der Waals surface area contributed by atoms with Gasteiger partial charge in [0.15, 0.2) is 0 Å². The van der Waals surface area contributed by atoms with Crippen molar-refractivity contribution < 1.29 is 9.90 Å². The summed E-state index contributed by atoms with van der Waals surface area (Å²) in [5.41, 5.74) is 6.92. The molecular weight excluding hydrogens is 222 g/mol. The van der Waals surface area contributed by atoms with Crippen LogP contribution >= 0.6 is 15.9 Å². The Hall–Kier alpha value is -1.03. The first-order valence-corrected chi connectivity index (χ1v) is 4.45. The van der Waals surface area contributed by atoms with Gasteiger partial charge in [0.1, 0.15) is 0 Å². The van der Waals surface area contributed by atoms with E-state index in [1.165, 1.54) is 6.07 Å². The molecule has 0 aromatic heterocycles. The van der Waals surface area contributed by atoms with Gasteiger partial charge in [-0.3, -0.25) is 0 Å². The number of nitrogens with two attached hydrogens (primary N) is 1. The minimum atomic E-state index is -0.992. The fourth-order valence-electron chi connectivity index (χ4n) is 0.890. The molecule has 3 N–H and O–H groups in total. The van der Waals surface area contributed by atoms with Crippen LogP contribution < -0.4 is 5.73 Å². The molecule has 0 aliphatic carbocycles. The van der Waals surface area contributed by atoms with Gasteiger partial charge in [-0.05, 0) is 17.7 Å². The smallest absolute Gasteiger partial charge is 0.337 e. The van der Waals surface area contributed by atoms with Crippen molar-refractivity contribution in [1.29, 1.82) is 0 Å². The minimum Gasteiger partial charge on any atom is -0.478 e. The number of hydrogen-bond donors (Lipinski definition) is 2. The maximum atomic E-state index is 10.5. The van der Waals surface area contributed by atoms with Crippen LogP contribution in [0.5, 0.6) is 0 Å². The van der Waals surface area contributed by atoms with Gasteiger partial charge in [-0.15, -0.1) is 0 Å². The summed E-state index contributed by atoms with van der Waals surface area (Å²) in [5.74, 6) is -0.992. The van der Waals surface area contributed by atoms with Crippen LogP contribution in [0.25, 0.3) is 0 Å². The Morgan fingerprint density at radius 2 is 2.25 bits per heavy atom. The number of aromatic carboxylic acids is 1. The normalized spacial score (nSPS) is 9.75. The molecule has 0 amide bonds. The average Bonchev–Trinajstić information content (AvgIpc) is 2.03. The summed E-state index contributed by atoms with van der Waals surface area (Å²) in [6.45, 7) is 0. The average molecular weight is 230 g/mol. The summed E-state index contributed by atoms with van der Waals surface area (Å²) in [6, 6.07) is 4.89. The Labute approximate surface area is 78.3 Å². The van der Waals surface area contributed by atoms with Crippen molar-refractivity contribution in [3.05, 3.63) is 29.3 Å². The molecule has 0 aliphatic heterocycles. The zero-order chi connectivity index (χ0) is 9.14. The number of carboxylic acids is 1. The molecule has 0 radical (unpaired) electrons. The largest absolute Gasteiger partial charge is 0.478 e. The number of benzene rings is 1. The number of nitrogen functional groups attached to an aromatic ring is 1. The summed E-state index contributed by atoms with van der Waals surface area (Å²) < 4.78 is 0. The molecule has 0 saturated heterocycles. The molecule has 3 nitrogen and oxygen atoms in total. The predicted molar refractivity (Wildman–Crippen MR) is 50.4 cm³/mol. The van der Waals surface area contributed by atoms with Crippen molar-refractivity contribution in [2.75, 3.05) is 5.73 Å². The second-order valence-corrected chi connectivity index (χ2v) is 2.92. The van der Waals surface area contributed by atoms with Gasteiger partial charge >= 0.3 is 5.97 Å². The van der Waals surface area contributed by atoms with E-state index in [1.54, 1.807) is 12.1 Å². The van der Waals surface area contributed by atoms with Gasteiger partial charge in [0.2, 0.25) is 0 Å². The van der Waals surface area contributed by atoms with Crippen molar-refractivity contribution in [1.82, 2.24) is 0 Å². The van der Waals surface area contributed by atoms with Crippen LogP contribution in [0.2, 0.25) is 0 Å². The third-order valence-corrected chi connectivity index (χ3v) is 2.15. The van der Waals surface area contributed by atoms with Crippen LogP contribution in [-0.2, 0) is 5.33 Å². The van der Waals surface area contributed by atoms with Gasteiger partial charge < -0.3 is 10.8 Å². The number of halogens is 1. The Bertz CT molecular complexity index is 312. The SMILES string of the molecule is Nc1cc(CBr)ccc1C(=O)O. The maximum absolute atomic E-state index is 10.5. The first kappa shape index (κ1) is 9.06. The topological polar surface area (TPSA) is 63.3 Å². The maximum Gasteiger partial charge on any atom is 0.337 e. The fourth-order valence-corrected chi connectivity index (χ4v) is 1.24. The van der Waals surface area contributed by atoms with Crippen molar-refractivity contribution in [3.63, 3.8) is 0 Å². The molecule has 1 aromatic rings. The summed E-state index contributed by atoms with van der Waals surface area (Å²) >= 11 is 3.25. The van der Waals surface area contributed by atoms with Crippen LogP contribution in [0.4, 0.5) is 5.69 Å². The molecule has 12 heavy (non-hydrogen) atoms. The van der Waals surface area contributed by atoms with E-state index in [1.807, 2.05) is 0 Å². The molecular formula is C8H8BrNO2. The van der Waals surface area contributed by atoms with Crippen LogP contribution in [0, 0.1) is 0 Å². The first-order valence-electron chi connectivity index (χ1n) is 3.33. The highest BCUT2D eigenvalue weighted by Crippen LogP contribution is 2.15. The van der Waals surface area contributed by atoms with E-state index in [2.05, 4.69) is 15.9 Å². The van der Waals surface area contributed by atoms with Gasteiger partial charge in [0.05, 0.1) is 5.56 Å². The Kier molecular flexibility index (Phi) is 2.70. The molecule has 0 heterocycles. The first-order chi connectivity index (χ1) is 5.65. The van der Waals surface area contributed by atoms with E-state index in [0.29, 0.717) is 11.0 Å². The Morgan fingerprint density at radius 3 is 2.67 bits per heavy atom. The summed E-state index contributed by atoms with van der Waals surface area (Å²) in [4.78, 5) is 10.5. The van der Waals surface area contributed by atoms with E-state index in [-0.39, 0.29) is 5.56 Å². The highest BCUT2D eigenvalue weighted by atomic mass is 79.9. The molecule has 1 aromatic carbocycles. The van der Waals surface area contributed by atoms with Crippen LogP contribution in [-0.4, -0.2) is 11.1 Å². The minimum absolute atomic E-state index is 0.153. The number of rotatable bonds is 2. The van der Waals surface area contributed by atoms with E-state index < -0.39 is 5.97 Å². The number of anilines is 1. The molecule has 4 heteroatoms. The Morgan fingerprint density at radius 1 is 1.58 bits per heavy atom. The lowest BCUT2D eigenvalue weighted by molar-refractivity contribution is 0.0698. The lowest BCUT2D eigenvalue weighted by Gasteiger charge is -2.01. The number of carbonyl (C=O) groups is 1. The van der Waals surface area contributed by atoms with Crippen LogP contribution in [0.3, 0.4) is 0 Å². The monoisotopic (exact) mass is 229 g/mol. The van der Waals surface area contributed by atoms with Gasteiger partial charge in [-0.25, -0.2) is 4.79 Å². The van der Waals surface area contributed by atoms with Gasteiger partial charge in [0, 0.05) is 11.0 Å². The molecule has 0 bridgehead atoms.